The molecule has 7 nitrogen and oxygen atoms in total. The molecule has 4 N–H and O–H groups in total. The summed E-state index contributed by atoms with van der Waals surface area (Å²) in [5.74, 6) is -0.530. The van der Waals surface area contributed by atoms with Crippen molar-refractivity contribution in [3.05, 3.63) is 23.8 Å². The molecule has 0 aliphatic heterocycles. The number of carbonyl (C=O) groups is 2. The maximum atomic E-state index is 11.7. The molecule has 1 unspecified atom stereocenters. The number of rotatable bonds is 6. The molecule has 0 heterocycles. The van der Waals surface area contributed by atoms with Crippen LogP contribution in [0.2, 0.25) is 0 Å². The van der Waals surface area contributed by atoms with Gasteiger partial charge in [-0.2, -0.15) is 0 Å². The van der Waals surface area contributed by atoms with E-state index in [0.29, 0.717) is 11.4 Å². The van der Waals surface area contributed by atoms with Gasteiger partial charge in [0.2, 0.25) is 0 Å². The summed E-state index contributed by atoms with van der Waals surface area (Å²) in [5.41, 5.74) is 1.34. The summed E-state index contributed by atoms with van der Waals surface area (Å²) in [6.45, 7) is 1.47. The Morgan fingerprint density at radius 3 is 2.60 bits per heavy atom. The topological polar surface area (TPSA) is 108 Å². The fraction of sp³-hybridized carbons (Fsp3) is 0.385. The first-order valence-corrected chi connectivity index (χ1v) is 6.03. The molecule has 1 aromatic carbocycles. The molecule has 0 aromatic heterocycles. The van der Waals surface area contributed by atoms with Crippen molar-refractivity contribution < 1.29 is 24.5 Å². The van der Waals surface area contributed by atoms with E-state index in [-0.39, 0.29) is 13.0 Å². The minimum absolute atomic E-state index is 0.0512. The summed E-state index contributed by atoms with van der Waals surface area (Å²) in [5, 5.41) is 22.4. The maximum absolute atomic E-state index is 11.7. The summed E-state index contributed by atoms with van der Waals surface area (Å²) in [6, 6.07) is 3.33. The number of urea groups is 1. The van der Waals surface area contributed by atoms with Gasteiger partial charge in [0.05, 0.1) is 7.11 Å². The number of aliphatic carboxylic acids is 1. The van der Waals surface area contributed by atoms with E-state index < -0.39 is 18.0 Å². The molecular formula is C13H18N2O5. The van der Waals surface area contributed by atoms with Gasteiger partial charge < -0.3 is 25.6 Å². The second-order valence-electron chi connectivity index (χ2n) is 4.18. The third-order valence-corrected chi connectivity index (χ3v) is 2.70. The monoisotopic (exact) mass is 282 g/mol. The molecule has 0 saturated carbocycles. The molecule has 1 rings (SSSR count). The minimum atomic E-state index is -1.19. The molecular weight excluding hydrogens is 264 g/mol. The van der Waals surface area contributed by atoms with Gasteiger partial charge in [0.15, 0.2) is 0 Å². The number of carboxylic acid groups (broad SMARTS) is 1. The smallest absolute Gasteiger partial charge is 0.326 e. The van der Waals surface area contributed by atoms with E-state index in [2.05, 4.69) is 10.6 Å². The molecule has 0 bridgehead atoms. The Bertz CT molecular complexity index is 490. The maximum Gasteiger partial charge on any atom is 0.326 e. The van der Waals surface area contributed by atoms with Crippen LogP contribution in [-0.2, 0) is 4.79 Å². The summed E-state index contributed by atoms with van der Waals surface area (Å²) in [7, 11) is 1.54. The van der Waals surface area contributed by atoms with Crippen molar-refractivity contribution >= 4 is 17.7 Å². The van der Waals surface area contributed by atoms with Gasteiger partial charge >= 0.3 is 12.0 Å². The molecule has 110 valence electrons. The molecule has 1 atom stereocenters. The molecule has 2 amide bonds. The number of methoxy groups -OCH3 is 1. The largest absolute Gasteiger partial charge is 0.497 e. The Labute approximate surface area is 116 Å². The van der Waals surface area contributed by atoms with E-state index in [9.17, 15) is 9.59 Å². The van der Waals surface area contributed by atoms with E-state index in [1.165, 1.54) is 0 Å². The molecule has 20 heavy (non-hydrogen) atoms. The van der Waals surface area contributed by atoms with Gasteiger partial charge in [-0.25, -0.2) is 9.59 Å². The van der Waals surface area contributed by atoms with Crippen LogP contribution >= 0.6 is 0 Å². The number of amides is 2. The lowest BCUT2D eigenvalue weighted by atomic mass is 10.2. The Morgan fingerprint density at radius 2 is 2.10 bits per heavy atom. The van der Waals surface area contributed by atoms with E-state index in [0.717, 1.165) is 5.56 Å². The van der Waals surface area contributed by atoms with Crippen LogP contribution in [0.25, 0.3) is 0 Å². The van der Waals surface area contributed by atoms with Crippen LogP contribution in [0.3, 0.4) is 0 Å². The number of hydrogen-bond donors (Lipinski definition) is 4. The lowest BCUT2D eigenvalue weighted by Gasteiger charge is -2.15. The number of carboxylic acids is 1. The zero-order valence-corrected chi connectivity index (χ0v) is 11.3. The normalized spacial score (nSPS) is 11.6. The highest BCUT2D eigenvalue weighted by atomic mass is 16.5. The fourth-order valence-electron chi connectivity index (χ4n) is 1.61. The molecule has 0 spiro atoms. The van der Waals surface area contributed by atoms with Crippen LogP contribution in [0, 0.1) is 6.92 Å². The number of anilines is 1. The van der Waals surface area contributed by atoms with Crippen molar-refractivity contribution in [3.63, 3.8) is 0 Å². The first kappa shape index (κ1) is 15.8. The van der Waals surface area contributed by atoms with Crippen LogP contribution < -0.4 is 15.4 Å². The van der Waals surface area contributed by atoms with Crippen molar-refractivity contribution in [1.29, 1.82) is 0 Å². The van der Waals surface area contributed by atoms with E-state index in [1.54, 1.807) is 32.2 Å². The number of carbonyl (C=O) groups excluding carboxylic acids is 1. The summed E-state index contributed by atoms with van der Waals surface area (Å²) >= 11 is 0. The van der Waals surface area contributed by atoms with Crippen LogP contribution in [0.1, 0.15) is 12.0 Å². The highest BCUT2D eigenvalue weighted by molar-refractivity contribution is 5.92. The minimum Gasteiger partial charge on any atom is -0.497 e. The molecule has 1 aromatic rings. The SMILES string of the molecule is COc1ccc(NC(=O)NC(CCO)C(=O)O)c(C)c1. The highest BCUT2D eigenvalue weighted by Gasteiger charge is 2.19. The van der Waals surface area contributed by atoms with Crippen molar-refractivity contribution in [2.45, 2.75) is 19.4 Å². The van der Waals surface area contributed by atoms with Crippen molar-refractivity contribution in [2.75, 3.05) is 19.0 Å². The van der Waals surface area contributed by atoms with E-state index in [4.69, 9.17) is 14.9 Å². The van der Waals surface area contributed by atoms with Gasteiger partial charge in [-0.15, -0.1) is 0 Å². The Balaban J connectivity index is 2.68. The number of aliphatic hydroxyl groups excluding tert-OH is 1. The number of hydrogen-bond acceptors (Lipinski definition) is 4. The standard InChI is InChI=1S/C13H18N2O5/c1-8-7-9(20-2)3-4-10(8)14-13(19)15-11(5-6-16)12(17)18/h3-4,7,11,16H,5-6H2,1-2H3,(H,17,18)(H2,14,15,19). The highest BCUT2D eigenvalue weighted by Crippen LogP contribution is 2.20. The Kier molecular flexibility index (Phi) is 5.79. The van der Waals surface area contributed by atoms with Crippen molar-refractivity contribution in [1.82, 2.24) is 5.32 Å². The molecule has 0 aliphatic carbocycles. The van der Waals surface area contributed by atoms with Crippen molar-refractivity contribution in [2.24, 2.45) is 0 Å². The average molecular weight is 282 g/mol. The van der Waals surface area contributed by atoms with Gasteiger partial charge in [-0.1, -0.05) is 0 Å². The van der Waals surface area contributed by atoms with Gasteiger partial charge in [0.25, 0.3) is 0 Å². The van der Waals surface area contributed by atoms with E-state index in [1.807, 2.05) is 0 Å². The lowest BCUT2D eigenvalue weighted by Crippen LogP contribution is -2.43. The van der Waals surface area contributed by atoms with Crippen molar-refractivity contribution in [3.8, 4) is 5.75 Å². The number of aliphatic hydroxyl groups is 1. The zero-order chi connectivity index (χ0) is 15.1. The van der Waals surface area contributed by atoms with Crippen LogP contribution in [0.4, 0.5) is 10.5 Å². The predicted molar refractivity (Wildman–Crippen MR) is 73.0 cm³/mol. The van der Waals surface area contributed by atoms with Gasteiger partial charge in [0, 0.05) is 18.7 Å². The molecule has 0 aliphatic rings. The zero-order valence-electron chi connectivity index (χ0n) is 11.3. The van der Waals surface area contributed by atoms with Crippen LogP contribution in [-0.4, -0.2) is 42.0 Å². The number of benzene rings is 1. The molecule has 0 fully saturated rings. The average Bonchev–Trinajstić information content (AvgIpc) is 2.40. The second kappa shape index (κ2) is 7.34. The fourth-order valence-corrected chi connectivity index (χ4v) is 1.61. The first-order chi connectivity index (χ1) is 9.47. The van der Waals surface area contributed by atoms with Gasteiger partial charge in [-0.05, 0) is 30.7 Å². The third-order valence-electron chi connectivity index (χ3n) is 2.70. The summed E-state index contributed by atoms with van der Waals surface area (Å²) in [4.78, 5) is 22.6. The van der Waals surface area contributed by atoms with Crippen LogP contribution in [0.15, 0.2) is 18.2 Å². The van der Waals surface area contributed by atoms with Gasteiger partial charge in [0.1, 0.15) is 11.8 Å². The van der Waals surface area contributed by atoms with Gasteiger partial charge in [-0.3, -0.25) is 0 Å². The number of ether oxygens (including phenoxy) is 1. The lowest BCUT2D eigenvalue weighted by molar-refractivity contribution is -0.139. The van der Waals surface area contributed by atoms with Crippen LogP contribution in [0.5, 0.6) is 5.75 Å². The molecule has 0 saturated heterocycles. The Morgan fingerprint density at radius 1 is 1.40 bits per heavy atom. The summed E-state index contributed by atoms with van der Waals surface area (Å²) < 4.78 is 5.05. The predicted octanol–water partition coefficient (Wildman–Crippen LogP) is 0.961. The summed E-state index contributed by atoms with van der Waals surface area (Å²) in [6.07, 6.45) is -0.0512. The molecule has 0 radical (unpaired) electrons. The molecule has 7 heteroatoms. The number of nitrogens with one attached hydrogen (secondary N) is 2. The Hall–Kier alpha value is -2.28. The second-order valence-corrected chi connectivity index (χ2v) is 4.18. The van der Waals surface area contributed by atoms with E-state index >= 15 is 0 Å². The third kappa shape index (κ3) is 4.43. The number of aryl methyl sites for hydroxylation is 1. The first-order valence-electron chi connectivity index (χ1n) is 6.03. The quantitative estimate of drug-likeness (QED) is 0.621.